The maximum atomic E-state index is 13.1. The summed E-state index contributed by atoms with van der Waals surface area (Å²) in [6.07, 6.45) is 0.884. The predicted octanol–water partition coefficient (Wildman–Crippen LogP) is 4.46. The number of nitrogens with one attached hydrogen (secondary N) is 1. The molecule has 174 valence electrons. The zero-order chi connectivity index (χ0) is 23.3. The van der Waals surface area contributed by atoms with Gasteiger partial charge in [-0.1, -0.05) is 36.4 Å². The smallest absolute Gasteiger partial charge is 0.256 e. The van der Waals surface area contributed by atoms with Crippen molar-refractivity contribution in [1.82, 2.24) is 0 Å². The molecule has 2 aliphatic heterocycles. The third kappa shape index (κ3) is 4.95. The third-order valence-electron chi connectivity index (χ3n) is 6.15. The predicted molar refractivity (Wildman–Crippen MR) is 137 cm³/mol. The molecule has 2 heterocycles. The van der Waals surface area contributed by atoms with Gasteiger partial charge in [-0.3, -0.25) is 9.59 Å². The van der Waals surface area contributed by atoms with Gasteiger partial charge in [-0.05, 0) is 48.4 Å². The van der Waals surface area contributed by atoms with Crippen molar-refractivity contribution < 1.29 is 14.3 Å². The van der Waals surface area contributed by atoms with Gasteiger partial charge in [-0.25, -0.2) is 0 Å². The molecule has 0 radical (unpaired) electrons. The zero-order valence-corrected chi connectivity index (χ0v) is 19.7. The summed E-state index contributed by atoms with van der Waals surface area (Å²) in [5.41, 5.74) is 4.59. The van der Waals surface area contributed by atoms with Crippen molar-refractivity contribution >= 4 is 40.6 Å². The molecule has 0 bridgehead atoms. The molecule has 34 heavy (non-hydrogen) atoms. The molecule has 1 saturated heterocycles. The molecule has 0 spiro atoms. The van der Waals surface area contributed by atoms with Gasteiger partial charge in [0.25, 0.3) is 5.91 Å². The standard InChI is InChI=1S/C27H27N3O3S/c31-26(30-13-12-20-6-1-3-10-24(20)30)19-34-25-11-4-2-9-23(25)27(32)28-21-7-5-8-22(18-21)29-14-16-33-17-15-29/h1-11,18H,12-17,19H2,(H,28,32). The SMILES string of the molecule is O=C(Nc1cccc(N2CCOCC2)c1)c1ccccc1SCC(=O)N1CCc2ccccc21. The van der Waals surface area contributed by atoms with Gasteiger partial charge in [0.1, 0.15) is 0 Å². The molecule has 1 N–H and O–H groups in total. The molecule has 0 atom stereocenters. The van der Waals surface area contributed by atoms with Crippen LogP contribution in [0.5, 0.6) is 0 Å². The summed E-state index contributed by atoms with van der Waals surface area (Å²) in [5.74, 6) is 0.162. The first-order chi connectivity index (χ1) is 16.7. The summed E-state index contributed by atoms with van der Waals surface area (Å²) in [6, 6.07) is 23.4. The average Bonchev–Trinajstić information content (AvgIpc) is 3.32. The highest BCUT2D eigenvalue weighted by Gasteiger charge is 2.24. The first-order valence-corrected chi connectivity index (χ1v) is 12.5. The Labute approximate surface area is 203 Å². The second-order valence-corrected chi connectivity index (χ2v) is 9.33. The van der Waals surface area contributed by atoms with Gasteiger partial charge < -0.3 is 19.9 Å². The van der Waals surface area contributed by atoms with Crippen LogP contribution >= 0.6 is 11.8 Å². The number of morpholine rings is 1. The maximum Gasteiger partial charge on any atom is 0.256 e. The molecule has 0 aliphatic carbocycles. The monoisotopic (exact) mass is 473 g/mol. The van der Waals surface area contributed by atoms with E-state index in [1.54, 1.807) is 6.07 Å². The lowest BCUT2D eigenvalue weighted by atomic mass is 10.2. The van der Waals surface area contributed by atoms with Crippen molar-refractivity contribution in [2.75, 3.05) is 53.7 Å². The minimum atomic E-state index is -0.179. The Balaban J connectivity index is 1.25. The van der Waals surface area contributed by atoms with Crippen LogP contribution in [-0.2, 0) is 16.0 Å². The van der Waals surface area contributed by atoms with Gasteiger partial charge in [-0.15, -0.1) is 11.8 Å². The Morgan fingerprint density at radius 1 is 0.912 bits per heavy atom. The van der Waals surface area contributed by atoms with Gasteiger partial charge in [-0.2, -0.15) is 0 Å². The van der Waals surface area contributed by atoms with Crippen molar-refractivity contribution in [2.24, 2.45) is 0 Å². The van der Waals surface area contributed by atoms with Crippen molar-refractivity contribution in [3.8, 4) is 0 Å². The fourth-order valence-electron chi connectivity index (χ4n) is 4.40. The van der Waals surface area contributed by atoms with Crippen LogP contribution in [0.4, 0.5) is 17.1 Å². The van der Waals surface area contributed by atoms with E-state index in [4.69, 9.17) is 4.74 Å². The van der Waals surface area contributed by atoms with Gasteiger partial charge >= 0.3 is 0 Å². The molecular weight excluding hydrogens is 446 g/mol. The van der Waals surface area contributed by atoms with E-state index in [0.717, 1.165) is 41.5 Å². The molecule has 2 amide bonds. The Hall–Kier alpha value is -3.29. The summed E-state index contributed by atoms with van der Waals surface area (Å²) in [5, 5.41) is 3.03. The number of carbonyl (C=O) groups is 2. The Bertz CT molecular complexity index is 1190. The third-order valence-corrected chi connectivity index (χ3v) is 7.21. The molecule has 5 rings (SSSR count). The number of para-hydroxylation sites is 1. The maximum absolute atomic E-state index is 13.1. The normalized spacial score (nSPS) is 15.2. The number of carbonyl (C=O) groups excluding carboxylic acids is 2. The Morgan fingerprint density at radius 3 is 2.59 bits per heavy atom. The fraction of sp³-hybridized carbons (Fsp3) is 0.259. The topological polar surface area (TPSA) is 61.9 Å². The minimum Gasteiger partial charge on any atom is -0.378 e. The van der Waals surface area contributed by atoms with E-state index in [1.807, 2.05) is 65.6 Å². The number of hydrogen-bond donors (Lipinski definition) is 1. The van der Waals surface area contributed by atoms with Crippen LogP contribution in [0.1, 0.15) is 15.9 Å². The molecule has 3 aromatic carbocycles. The Morgan fingerprint density at radius 2 is 1.71 bits per heavy atom. The number of nitrogens with zero attached hydrogens (tertiary/aromatic N) is 2. The molecule has 0 unspecified atom stereocenters. The van der Waals surface area contributed by atoms with E-state index in [-0.39, 0.29) is 17.6 Å². The van der Waals surface area contributed by atoms with E-state index in [1.165, 1.54) is 17.3 Å². The highest BCUT2D eigenvalue weighted by Crippen LogP contribution is 2.30. The van der Waals surface area contributed by atoms with E-state index in [2.05, 4.69) is 16.3 Å². The number of fused-ring (bicyclic) bond motifs is 1. The number of amides is 2. The van der Waals surface area contributed by atoms with Crippen LogP contribution in [0.3, 0.4) is 0 Å². The first-order valence-electron chi connectivity index (χ1n) is 11.5. The number of rotatable bonds is 6. The van der Waals surface area contributed by atoms with Crippen molar-refractivity contribution in [1.29, 1.82) is 0 Å². The van der Waals surface area contributed by atoms with Crippen LogP contribution < -0.4 is 15.1 Å². The van der Waals surface area contributed by atoms with Gasteiger partial charge in [0.15, 0.2) is 0 Å². The van der Waals surface area contributed by atoms with E-state index in [0.29, 0.717) is 25.3 Å². The highest BCUT2D eigenvalue weighted by atomic mass is 32.2. The van der Waals surface area contributed by atoms with Gasteiger partial charge in [0.2, 0.25) is 5.91 Å². The summed E-state index contributed by atoms with van der Waals surface area (Å²) < 4.78 is 5.44. The molecule has 6 nitrogen and oxygen atoms in total. The largest absolute Gasteiger partial charge is 0.378 e. The number of anilines is 3. The molecule has 0 saturated carbocycles. The van der Waals surface area contributed by atoms with Crippen LogP contribution in [0, 0.1) is 0 Å². The molecule has 3 aromatic rings. The highest BCUT2D eigenvalue weighted by molar-refractivity contribution is 8.00. The number of hydrogen-bond acceptors (Lipinski definition) is 5. The fourth-order valence-corrected chi connectivity index (χ4v) is 5.32. The van der Waals surface area contributed by atoms with Crippen molar-refractivity contribution in [2.45, 2.75) is 11.3 Å². The number of thioether (sulfide) groups is 1. The summed E-state index contributed by atoms with van der Waals surface area (Å²) in [6.45, 7) is 3.81. The lowest BCUT2D eigenvalue weighted by Crippen LogP contribution is -2.36. The lowest BCUT2D eigenvalue weighted by Gasteiger charge is -2.29. The van der Waals surface area contributed by atoms with Crippen LogP contribution in [0.25, 0.3) is 0 Å². The number of benzene rings is 3. The quantitative estimate of drug-likeness (QED) is 0.536. The van der Waals surface area contributed by atoms with E-state index in [9.17, 15) is 9.59 Å². The minimum absolute atomic E-state index is 0.0587. The average molecular weight is 474 g/mol. The summed E-state index contributed by atoms with van der Waals surface area (Å²) >= 11 is 1.41. The van der Waals surface area contributed by atoms with Crippen LogP contribution in [0.2, 0.25) is 0 Å². The van der Waals surface area contributed by atoms with Crippen LogP contribution in [-0.4, -0.2) is 50.4 Å². The lowest BCUT2D eigenvalue weighted by molar-refractivity contribution is -0.116. The van der Waals surface area contributed by atoms with Gasteiger partial charge in [0, 0.05) is 41.6 Å². The molecule has 0 aromatic heterocycles. The van der Waals surface area contributed by atoms with E-state index >= 15 is 0 Å². The van der Waals surface area contributed by atoms with Crippen molar-refractivity contribution in [3.05, 3.63) is 83.9 Å². The second kappa shape index (κ2) is 10.3. The molecule has 2 aliphatic rings. The Kier molecular flexibility index (Phi) is 6.83. The molecular formula is C27H27N3O3S. The van der Waals surface area contributed by atoms with Gasteiger partial charge in [0.05, 0.1) is 24.5 Å². The summed E-state index contributed by atoms with van der Waals surface area (Å²) in [7, 11) is 0. The van der Waals surface area contributed by atoms with Crippen LogP contribution in [0.15, 0.2) is 77.7 Å². The van der Waals surface area contributed by atoms with E-state index < -0.39 is 0 Å². The zero-order valence-electron chi connectivity index (χ0n) is 18.9. The first kappa shape index (κ1) is 22.5. The van der Waals surface area contributed by atoms with Crippen molar-refractivity contribution in [3.63, 3.8) is 0 Å². The molecule has 7 heteroatoms. The molecule has 1 fully saturated rings. The summed E-state index contributed by atoms with van der Waals surface area (Å²) in [4.78, 5) is 31.0. The second-order valence-electron chi connectivity index (χ2n) is 8.31. The number of ether oxygens (including phenoxy) is 1.